The number of nitrogens with one attached hydrogen (secondary N) is 2. The Bertz CT molecular complexity index is 1460. The molecule has 5 rings (SSSR count). The number of urea groups is 1. The Hall–Kier alpha value is -4.72. The number of amides is 4. The van der Waals surface area contributed by atoms with E-state index in [2.05, 4.69) is 10.6 Å². The monoisotopic (exact) mass is 468 g/mol. The number of carbonyl (C=O) groups excluding carboxylic acids is 3. The number of hydrogen-bond acceptors (Lipinski definition) is 3. The molecule has 0 atom stereocenters. The van der Waals surface area contributed by atoms with Gasteiger partial charge in [-0.05, 0) is 42.0 Å². The number of imide groups is 1. The van der Waals surface area contributed by atoms with Gasteiger partial charge >= 0.3 is 6.03 Å². The lowest BCUT2D eigenvalue weighted by molar-refractivity contribution is -0.123. The van der Waals surface area contributed by atoms with Crippen molar-refractivity contribution in [2.24, 2.45) is 0 Å². The Labute approximate surface area is 200 Å². The Kier molecular flexibility index (Phi) is 5.85. The van der Waals surface area contributed by atoms with Crippen molar-refractivity contribution in [3.63, 3.8) is 0 Å². The molecule has 1 saturated heterocycles. The lowest BCUT2D eigenvalue weighted by Crippen LogP contribution is -2.30. The van der Waals surface area contributed by atoms with Gasteiger partial charge in [0.15, 0.2) is 0 Å². The normalized spacial score (nSPS) is 14.5. The van der Waals surface area contributed by atoms with E-state index in [1.54, 1.807) is 16.8 Å². The van der Waals surface area contributed by atoms with Crippen LogP contribution in [0.15, 0.2) is 90.8 Å². The number of aromatic nitrogens is 1. The quantitative estimate of drug-likeness (QED) is 0.323. The summed E-state index contributed by atoms with van der Waals surface area (Å²) in [5.41, 5.74) is 3.01. The highest BCUT2D eigenvalue weighted by Gasteiger charge is 2.33. The molecule has 0 radical (unpaired) electrons. The fourth-order valence-electron chi connectivity index (χ4n) is 4.05. The van der Waals surface area contributed by atoms with Gasteiger partial charge in [0.05, 0.1) is 6.54 Å². The van der Waals surface area contributed by atoms with E-state index in [1.807, 2.05) is 54.6 Å². The van der Waals surface area contributed by atoms with Gasteiger partial charge in [-0.25, -0.2) is 9.18 Å². The topological polar surface area (TPSA) is 83.4 Å². The molecule has 1 fully saturated rings. The highest BCUT2D eigenvalue weighted by molar-refractivity contribution is 6.14. The van der Waals surface area contributed by atoms with E-state index in [9.17, 15) is 18.8 Å². The van der Waals surface area contributed by atoms with Crippen molar-refractivity contribution in [3.05, 3.63) is 108 Å². The number of para-hydroxylation sites is 1. The number of carbonyl (C=O) groups is 3. The molecule has 2 heterocycles. The number of halogens is 1. The molecule has 1 aromatic heterocycles. The smallest absolute Gasteiger partial charge is 0.329 e. The van der Waals surface area contributed by atoms with Crippen molar-refractivity contribution in [2.75, 3.05) is 5.32 Å². The largest absolute Gasteiger partial charge is 0.337 e. The van der Waals surface area contributed by atoms with Crippen molar-refractivity contribution >= 4 is 40.5 Å². The summed E-state index contributed by atoms with van der Waals surface area (Å²) in [6.07, 6.45) is 3.39. The molecule has 4 aromatic rings. The lowest BCUT2D eigenvalue weighted by atomic mass is 10.1. The van der Waals surface area contributed by atoms with Crippen LogP contribution in [0.4, 0.5) is 14.9 Å². The van der Waals surface area contributed by atoms with E-state index in [-0.39, 0.29) is 30.5 Å². The first-order valence-corrected chi connectivity index (χ1v) is 11.0. The molecule has 174 valence electrons. The third-order valence-electron chi connectivity index (χ3n) is 5.71. The van der Waals surface area contributed by atoms with Gasteiger partial charge in [0.25, 0.3) is 5.91 Å². The molecule has 35 heavy (non-hydrogen) atoms. The number of rotatable bonds is 6. The Morgan fingerprint density at radius 3 is 2.43 bits per heavy atom. The van der Waals surface area contributed by atoms with Gasteiger partial charge in [-0.2, -0.15) is 0 Å². The summed E-state index contributed by atoms with van der Waals surface area (Å²) in [5, 5.41) is 6.23. The number of benzene rings is 3. The maximum absolute atomic E-state index is 13.1. The highest BCUT2D eigenvalue weighted by atomic mass is 19.1. The maximum atomic E-state index is 13.1. The predicted molar refractivity (Wildman–Crippen MR) is 130 cm³/mol. The average Bonchev–Trinajstić information content (AvgIpc) is 3.33. The molecule has 0 aliphatic carbocycles. The van der Waals surface area contributed by atoms with Gasteiger partial charge < -0.3 is 15.2 Å². The van der Waals surface area contributed by atoms with Crippen molar-refractivity contribution in [1.82, 2.24) is 14.8 Å². The fraction of sp³-hybridized carbons (Fsp3) is 0.0741. The molecular formula is C27H21FN4O3. The second-order valence-electron chi connectivity index (χ2n) is 8.15. The molecular weight excluding hydrogens is 447 g/mol. The van der Waals surface area contributed by atoms with E-state index < -0.39 is 11.9 Å². The van der Waals surface area contributed by atoms with Crippen LogP contribution in [0.3, 0.4) is 0 Å². The molecule has 1 aliphatic rings. The lowest BCUT2D eigenvalue weighted by Gasteiger charge is -2.11. The second-order valence-corrected chi connectivity index (χ2v) is 8.15. The van der Waals surface area contributed by atoms with Crippen molar-refractivity contribution in [3.8, 4) is 0 Å². The van der Waals surface area contributed by atoms with E-state index in [0.29, 0.717) is 11.3 Å². The summed E-state index contributed by atoms with van der Waals surface area (Å²) >= 11 is 0. The first-order chi connectivity index (χ1) is 17.0. The summed E-state index contributed by atoms with van der Waals surface area (Å²) in [7, 11) is 0. The molecule has 0 spiro atoms. The van der Waals surface area contributed by atoms with Crippen LogP contribution in [0.1, 0.15) is 11.1 Å². The minimum Gasteiger partial charge on any atom is -0.337 e. The Balaban J connectivity index is 1.39. The van der Waals surface area contributed by atoms with E-state index in [1.165, 1.54) is 24.3 Å². The maximum Gasteiger partial charge on any atom is 0.329 e. The first-order valence-electron chi connectivity index (χ1n) is 11.0. The zero-order valence-corrected chi connectivity index (χ0v) is 18.6. The second kappa shape index (κ2) is 9.26. The van der Waals surface area contributed by atoms with Gasteiger partial charge in [-0.1, -0.05) is 48.5 Å². The summed E-state index contributed by atoms with van der Waals surface area (Å²) in [4.78, 5) is 39.2. The Morgan fingerprint density at radius 2 is 1.66 bits per heavy atom. The standard InChI is InChI=1S/C27H21FN4O3/c28-20-10-12-21(13-11-20)29-25(33)17-31-16-19(22-8-4-5-9-24(22)31)14-23-26(34)32(27(35)30-23)15-18-6-2-1-3-7-18/h1-14,16H,15,17H2,(H,29,33)(H,30,35)/b23-14+. The number of anilines is 1. The molecule has 2 N–H and O–H groups in total. The van der Waals surface area contributed by atoms with Crippen molar-refractivity contribution in [2.45, 2.75) is 13.1 Å². The predicted octanol–water partition coefficient (Wildman–Crippen LogP) is 4.51. The molecule has 4 amide bonds. The first kappa shape index (κ1) is 22.1. The molecule has 0 bridgehead atoms. The third-order valence-corrected chi connectivity index (χ3v) is 5.71. The molecule has 8 heteroatoms. The summed E-state index contributed by atoms with van der Waals surface area (Å²) in [6.45, 7) is 0.190. The van der Waals surface area contributed by atoms with Gasteiger partial charge in [-0.15, -0.1) is 0 Å². The molecule has 0 unspecified atom stereocenters. The van der Waals surface area contributed by atoms with Crippen LogP contribution in [-0.2, 0) is 22.7 Å². The van der Waals surface area contributed by atoms with E-state index in [0.717, 1.165) is 21.4 Å². The zero-order valence-electron chi connectivity index (χ0n) is 18.6. The van der Waals surface area contributed by atoms with E-state index >= 15 is 0 Å². The van der Waals surface area contributed by atoms with Crippen molar-refractivity contribution in [1.29, 1.82) is 0 Å². The van der Waals surface area contributed by atoms with Crippen LogP contribution >= 0.6 is 0 Å². The van der Waals surface area contributed by atoms with Gasteiger partial charge in [0, 0.05) is 28.4 Å². The van der Waals surface area contributed by atoms with E-state index in [4.69, 9.17) is 0 Å². The van der Waals surface area contributed by atoms with Gasteiger partial charge in [0.1, 0.15) is 18.1 Å². The van der Waals surface area contributed by atoms with Crippen LogP contribution in [0.25, 0.3) is 17.0 Å². The SMILES string of the molecule is O=C(Cn1cc(/C=C2/NC(=O)N(Cc3ccccc3)C2=O)c2ccccc21)Nc1ccc(F)cc1. The third kappa shape index (κ3) is 4.67. The van der Waals surface area contributed by atoms with Crippen LogP contribution in [-0.4, -0.2) is 27.3 Å². The van der Waals surface area contributed by atoms with Crippen LogP contribution in [0.2, 0.25) is 0 Å². The average molecular weight is 468 g/mol. The molecule has 7 nitrogen and oxygen atoms in total. The fourth-order valence-corrected chi connectivity index (χ4v) is 4.05. The zero-order chi connectivity index (χ0) is 24.4. The molecule has 3 aromatic carbocycles. The van der Waals surface area contributed by atoms with Gasteiger partial charge in [0.2, 0.25) is 5.91 Å². The van der Waals surface area contributed by atoms with Crippen molar-refractivity contribution < 1.29 is 18.8 Å². The number of nitrogens with zero attached hydrogens (tertiary/aromatic N) is 2. The summed E-state index contributed by atoms with van der Waals surface area (Å²) < 4.78 is 14.9. The minimum atomic E-state index is -0.479. The molecule has 0 saturated carbocycles. The number of hydrogen-bond donors (Lipinski definition) is 2. The number of fused-ring (bicyclic) bond motifs is 1. The van der Waals surface area contributed by atoms with Gasteiger partial charge in [-0.3, -0.25) is 14.5 Å². The van der Waals surface area contributed by atoms with Crippen LogP contribution < -0.4 is 10.6 Å². The van der Waals surface area contributed by atoms with Crippen LogP contribution in [0, 0.1) is 5.82 Å². The van der Waals surface area contributed by atoms with Crippen LogP contribution in [0.5, 0.6) is 0 Å². The minimum absolute atomic E-state index is 0.0154. The summed E-state index contributed by atoms with van der Waals surface area (Å²) in [5.74, 6) is -1.08. The molecule has 1 aliphatic heterocycles. The summed E-state index contributed by atoms with van der Waals surface area (Å²) in [6, 6.07) is 21.8. The highest BCUT2D eigenvalue weighted by Crippen LogP contribution is 2.25. The Morgan fingerprint density at radius 1 is 0.943 bits per heavy atom.